The van der Waals surface area contributed by atoms with Gasteiger partial charge in [0.25, 0.3) is 0 Å². The Bertz CT molecular complexity index is 553. The van der Waals surface area contributed by atoms with Crippen LogP contribution < -0.4 is 0 Å². The standard InChI is InChI=1S/C18H22O2/c19-16(13-17-9-3-4-11-20-17)12-15-8-5-7-14-6-1-2-10-18(14)15/h1-2,5-8,10,16-17,19H,3-4,9,11-13H2. The van der Waals surface area contributed by atoms with Gasteiger partial charge in [-0.05, 0) is 48.4 Å². The van der Waals surface area contributed by atoms with E-state index >= 15 is 0 Å². The number of benzene rings is 2. The first-order valence-electron chi connectivity index (χ1n) is 7.59. The fourth-order valence-corrected chi connectivity index (χ4v) is 3.10. The van der Waals surface area contributed by atoms with Gasteiger partial charge >= 0.3 is 0 Å². The van der Waals surface area contributed by atoms with Gasteiger partial charge in [0.15, 0.2) is 0 Å². The van der Waals surface area contributed by atoms with Crippen LogP contribution >= 0.6 is 0 Å². The lowest BCUT2D eigenvalue weighted by atomic mass is 9.96. The first kappa shape index (κ1) is 13.6. The monoisotopic (exact) mass is 270 g/mol. The van der Waals surface area contributed by atoms with Crippen molar-refractivity contribution < 1.29 is 9.84 Å². The molecule has 0 bridgehead atoms. The molecular weight excluding hydrogens is 248 g/mol. The van der Waals surface area contributed by atoms with Crippen molar-refractivity contribution in [2.75, 3.05) is 6.61 Å². The van der Waals surface area contributed by atoms with Crippen LogP contribution in [0.25, 0.3) is 10.8 Å². The van der Waals surface area contributed by atoms with Gasteiger partial charge in [-0.2, -0.15) is 0 Å². The minimum Gasteiger partial charge on any atom is -0.393 e. The molecule has 2 unspecified atom stereocenters. The summed E-state index contributed by atoms with van der Waals surface area (Å²) >= 11 is 0. The van der Waals surface area contributed by atoms with Crippen molar-refractivity contribution in [3.63, 3.8) is 0 Å². The Morgan fingerprint density at radius 3 is 2.80 bits per heavy atom. The highest BCUT2D eigenvalue weighted by atomic mass is 16.5. The second kappa shape index (κ2) is 6.38. The van der Waals surface area contributed by atoms with Crippen LogP contribution in [0, 0.1) is 0 Å². The molecule has 1 aliphatic heterocycles. The van der Waals surface area contributed by atoms with Gasteiger partial charge in [0, 0.05) is 6.61 Å². The zero-order valence-corrected chi connectivity index (χ0v) is 11.8. The minimum absolute atomic E-state index is 0.244. The van der Waals surface area contributed by atoms with Crippen LogP contribution in [0.5, 0.6) is 0 Å². The van der Waals surface area contributed by atoms with E-state index < -0.39 is 0 Å². The Morgan fingerprint density at radius 1 is 1.10 bits per heavy atom. The van der Waals surface area contributed by atoms with E-state index in [1.165, 1.54) is 22.8 Å². The first-order valence-corrected chi connectivity index (χ1v) is 7.59. The van der Waals surface area contributed by atoms with Gasteiger partial charge in [0.2, 0.25) is 0 Å². The number of rotatable bonds is 4. The highest BCUT2D eigenvalue weighted by molar-refractivity contribution is 5.85. The largest absolute Gasteiger partial charge is 0.393 e. The summed E-state index contributed by atoms with van der Waals surface area (Å²) in [6.07, 6.45) is 4.87. The molecule has 1 heterocycles. The summed E-state index contributed by atoms with van der Waals surface area (Å²) < 4.78 is 5.71. The van der Waals surface area contributed by atoms with E-state index in [1.807, 2.05) is 0 Å². The van der Waals surface area contributed by atoms with E-state index in [4.69, 9.17) is 4.74 Å². The van der Waals surface area contributed by atoms with Crippen molar-refractivity contribution in [2.45, 2.75) is 44.3 Å². The molecule has 2 atom stereocenters. The van der Waals surface area contributed by atoms with Crippen LogP contribution in [0.2, 0.25) is 0 Å². The number of ether oxygens (including phenoxy) is 1. The number of hydrogen-bond donors (Lipinski definition) is 1. The van der Waals surface area contributed by atoms with Crippen molar-refractivity contribution in [3.8, 4) is 0 Å². The van der Waals surface area contributed by atoms with Gasteiger partial charge in [-0.25, -0.2) is 0 Å². The van der Waals surface area contributed by atoms with Gasteiger partial charge in [-0.15, -0.1) is 0 Å². The Labute approximate surface area is 120 Å². The van der Waals surface area contributed by atoms with Crippen LogP contribution in [0.4, 0.5) is 0 Å². The lowest BCUT2D eigenvalue weighted by molar-refractivity contribution is -0.0147. The van der Waals surface area contributed by atoms with Crippen molar-refractivity contribution in [2.24, 2.45) is 0 Å². The number of hydrogen-bond acceptors (Lipinski definition) is 2. The van der Waals surface area contributed by atoms with E-state index in [2.05, 4.69) is 42.5 Å². The predicted octanol–water partition coefficient (Wildman–Crippen LogP) is 3.70. The third-order valence-corrected chi connectivity index (χ3v) is 4.14. The normalized spacial score (nSPS) is 20.9. The molecule has 2 heteroatoms. The van der Waals surface area contributed by atoms with Gasteiger partial charge < -0.3 is 9.84 Å². The van der Waals surface area contributed by atoms with Crippen LogP contribution in [-0.2, 0) is 11.2 Å². The minimum atomic E-state index is -0.316. The van der Waals surface area contributed by atoms with Crippen LogP contribution in [-0.4, -0.2) is 23.9 Å². The highest BCUT2D eigenvalue weighted by Gasteiger charge is 2.18. The summed E-state index contributed by atoms with van der Waals surface area (Å²) in [4.78, 5) is 0. The molecule has 0 radical (unpaired) electrons. The van der Waals surface area contributed by atoms with E-state index in [-0.39, 0.29) is 12.2 Å². The van der Waals surface area contributed by atoms with Gasteiger partial charge in [0.1, 0.15) is 0 Å². The summed E-state index contributed by atoms with van der Waals surface area (Å²) in [7, 11) is 0. The second-order valence-corrected chi connectivity index (χ2v) is 5.72. The lowest BCUT2D eigenvalue weighted by Gasteiger charge is -2.25. The molecule has 1 saturated heterocycles. The number of fused-ring (bicyclic) bond motifs is 1. The third-order valence-electron chi connectivity index (χ3n) is 4.14. The van der Waals surface area contributed by atoms with Crippen molar-refractivity contribution in [1.29, 1.82) is 0 Å². The fourth-order valence-electron chi connectivity index (χ4n) is 3.10. The molecule has 1 aliphatic rings. The Kier molecular flexibility index (Phi) is 4.34. The smallest absolute Gasteiger partial charge is 0.0605 e. The molecule has 0 spiro atoms. The van der Waals surface area contributed by atoms with Crippen LogP contribution in [0.1, 0.15) is 31.2 Å². The average Bonchev–Trinajstić information content (AvgIpc) is 2.48. The summed E-state index contributed by atoms with van der Waals surface area (Å²) in [5.41, 5.74) is 1.23. The van der Waals surface area contributed by atoms with Crippen molar-refractivity contribution >= 4 is 10.8 Å². The zero-order chi connectivity index (χ0) is 13.8. The topological polar surface area (TPSA) is 29.5 Å². The van der Waals surface area contributed by atoms with E-state index in [0.717, 1.165) is 25.9 Å². The van der Waals surface area contributed by atoms with E-state index in [9.17, 15) is 5.11 Å². The van der Waals surface area contributed by atoms with E-state index in [1.54, 1.807) is 0 Å². The molecule has 0 saturated carbocycles. The maximum absolute atomic E-state index is 10.3. The maximum atomic E-state index is 10.3. The summed E-state index contributed by atoms with van der Waals surface area (Å²) in [5.74, 6) is 0. The number of aliphatic hydroxyl groups excluding tert-OH is 1. The van der Waals surface area contributed by atoms with Gasteiger partial charge in [0.05, 0.1) is 12.2 Å². The molecule has 0 aliphatic carbocycles. The number of aliphatic hydroxyl groups is 1. The first-order chi connectivity index (χ1) is 9.83. The molecule has 2 aromatic rings. The summed E-state index contributed by atoms with van der Waals surface area (Å²) in [6, 6.07) is 14.7. The van der Waals surface area contributed by atoms with Gasteiger partial charge in [-0.3, -0.25) is 0 Å². The highest BCUT2D eigenvalue weighted by Crippen LogP contribution is 2.23. The molecule has 1 N–H and O–H groups in total. The molecule has 2 aromatic carbocycles. The average molecular weight is 270 g/mol. The molecular formula is C18H22O2. The summed E-state index contributed by atoms with van der Waals surface area (Å²) in [6.45, 7) is 0.853. The van der Waals surface area contributed by atoms with E-state index in [0.29, 0.717) is 6.42 Å². The molecule has 106 valence electrons. The van der Waals surface area contributed by atoms with Crippen LogP contribution in [0.3, 0.4) is 0 Å². The SMILES string of the molecule is OC(Cc1cccc2ccccc12)CC1CCCCO1. The molecule has 0 aromatic heterocycles. The Balaban J connectivity index is 1.69. The Hall–Kier alpha value is -1.38. The van der Waals surface area contributed by atoms with Gasteiger partial charge in [-0.1, -0.05) is 42.5 Å². The Morgan fingerprint density at radius 2 is 1.95 bits per heavy atom. The lowest BCUT2D eigenvalue weighted by Crippen LogP contribution is -2.25. The fraction of sp³-hybridized carbons (Fsp3) is 0.444. The van der Waals surface area contributed by atoms with Crippen molar-refractivity contribution in [3.05, 3.63) is 48.0 Å². The van der Waals surface area contributed by atoms with Crippen molar-refractivity contribution in [1.82, 2.24) is 0 Å². The van der Waals surface area contributed by atoms with Crippen LogP contribution in [0.15, 0.2) is 42.5 Å². The maximum Gasteiger partial charge on any atom is 0.0605 e. The molecule has 3 rings (SSSR count). The third kappa shape index (κ3) is 3.20. The molecule has 20 heavy (non-hydrogen) atoms. The molecule has 0 amide bonds. The second-order valence-electron chi connectivity index (χ2n) is 5.72. The quantitative estimate of drug-likeness (QED) is 0.918. The molecule has 2 nitrogen and oxygen atoms in total. The predicted molar refractivity (Wildman–Crippen MR) is 81.9 cm³/mol. The molecule has 1 fully saturated rings. The zero-order valence-electron chi connectivity index (χ0n) is 11.8. The summed E-state index contributed by atoms with van der Waals surface area (Å²) in [5, 5.41) is 12.8.